The number of nitrogens with zero attached hydrogens (tertiary/aromatic N) is 1. The van der Waals surface area contributed by atoms with Gasteiger partial charge in [-0.3, -0.25) is 4.90 Å². The van der Waals surface area contributed by atoms with Gasteiger partial charge in [0.25, 0.3) is 8.32 Å². The van der Waals surface area contributed by atoms with E-state index in [9.17, 15) is 9.59 Å². The second-order valence-electron chi connectivity index (χ2n) is 13.4. The minimum Gasteiger partial charge on any atom is -0.444 e. The molecular weight excluding hydrogens is 520 g/mol. The van der Waals surface area contributed by atoms with Crippen molar-refractivity contribution in [1.29, 1.82) is 0 Å². The summed E-state index contributed by atoms with van der Waals surface area (Å²) < 4.78 is 18.7. The third-order valence-corrected chi connectivity index (χ3v) is 11.8. The van der Waals surface area contributed by atoms with Crippen molar-refractivity contribution < 1.29 is 23.5 Å². The van der Waals surface area contributed by atoms with E-state index in [4.69, 9.17) is 13.9 Å². The number of carbonyl (C=O) groups is 2. The van der Waals surface area contributed by atoms with Gasteiger partial charge in [0, 0.05) is 12.1 Å². The molecule has 1 aliphatic heterocycles. The number of hydrogen-bond donors (Lipinski definition) is 1. The number of hydrogen-bond acceptors (Lipinski definition) is 5. The lowest BCUT2D eigenvalue weighted by atomic mass is 10.0. The van der Waals surface area contributed by atoms with Gasteiger partial charge < -0.3 is 19.2 Å². The highest BCUT2D eigenvalue weighted by Gasteiger charge is 2.53. The fourth-order valence-corrected chi connectivity index (χ4v) is 9.80. The van der Waals surface area contributed by atoms with Crippen LogP contribution in [0.3, 0.4) is 0 Å². The zero-order valence-corrected chi connectivity index (χ0v) is 26.5. The van der Waals surface area contributed by atoms with Crippen LogP contribution in [0.1, 0.15) is 68.7 Å². The van der Waals surface area contributed by atoms with Crippen molar-refractivity contribution in [3.8, 4) is 0 Å². The van der Waals surface area contributed by atoms with Gasteiger partial charge in [0.1, 0.15) is 11.2 Å². The molecule has 0 radical (unpaired) electrons. The van der Waals surface area contributed by atoms with Crippen molar-refractivity contribution in [2.24, 2.45) is 0 Å². The second-order valence-corrected chi connectivity index (χ2v) is 17.7. The van der Waals surface area contributed by atoms with Crippen LogP contribution in [-0.4, -0.2) is 55.3 Å². The van der Waals surface area contributed by atoms with Crippen molar-refractivity contribution >= 4 is 30.9 Å². The summed E-state index contributed by atoms with van der Waals surface area (Å²) in [5.41, 5.74) is -0.769. The fourth-order valence-electron chi connectivity index (χ4n) is 5.09. The van der Waals surface area contributed by atoms with E-state index in [2.05, 4.69) is 56.9 Å². The molecule has 0 unspecified atom stereocenters. The van der Waals surface area contributed by atoms with Gasteiger partial charge in [-0.05, 0) is 57.0 Å². The number of likely N-dealkylation sites (tertiary alicyclic amines) is 1. The molecule has 0 bridgehead atoms. The highest BCUT2D eigenvalue weighted by atomic mass is 28.4. The maximum absolute atomic E-state index is 13.1. The lowest BCUT2D eigenvalue weighted by Gasteiger charge is -2.49. The number of piperidine rings is 1. The molecule has 0 aromatic heterocycles. The maximum atomic E-state index is 13.1. The van der Waals surface area contributed by atoms with Crippen LogP contribution in [-0.2, 0) is 13.9 Å². The molecule has 0 aliphatic carbocycles. The summed E-state index contributed by atoms with van der Waals surface area (Å²) in [6, 6.07) is 20.1. The topological polar surface area (TPSA) is 77.1 Å². The van der Waals surface area contributed by atoms with Crippen LogP contribution in [0.5, 0.6) is 0 Å². The summed E-state index contributed by atoms with van der Waals surface area (Å²) in [7, 11) is -2.96. The van der Waals surface area contributed by atoms with E-state index in [-0.39, 0.29) is 11.6 Å². The largest absolute Gasteiger partial charge is 0.444 e. The van der Waals surface area contributed by atoms with Gasteiger partial charge in [-0.1, -0.05) is 88.0 Å². The summed E-state index contributed by atoms with van der Waals surface area (Å²) in [5.74, 6) is 0. The number of ether oxygens (including phenoxy) is 2. The molecule has 1 fully saturated rings. The summed E-state index contributed by atoms with van der Waals surface area (Å²) >= 11 is 0. The zero-order valence-electron chi connectivity index (χ0n) is 25.5. The van der Waals surface area contributed by atoms with Gasteiger partial charge in [-0.2, -0.15) is 0 Å². The zero-order chi connectivity index (χ0) is 29.9. The monoisotopic (exact) mass is 566 g/mol. The molecule has 0 saturated carbocycles. The standard InChI is InChI=1S/C32H46N2O5Si/c1-23-21-27(26(33-28(35)37-30(2,3)4)22-34(23)29(36)38-31(5,6)7)39-40(32(8,9)10,24-17-13-11-14-18-24)25-19-15-12-16-20-25/h11-20,26-27H,1,21-22H2,2-10H3,(H,33,35)/t26-,27+/m1/s1. The number of alkyl carbamates (subject to hydrolysis) is 1. The molecule has 40 heavy (non-hydrogen) atoms. The Hall–Kier alpha value is -3.10. The number of amides is 2. The van der Waals surface area contributed by atoms with Crippen LogP contribution in [0.4, 0.5) is 9.59 Å². The Morgan fingerprint density at radius 1 is 0.825 bits per heavy atom. The summed E-state index contributed by atoms with van der Waals surface area (Å²) in [5, 5.41) is 5.01. The first-order valence-electron chi connectivity index (χ1n) is 13.9. The van der Waals surface area contributed by atoms with Crippen molar-refractivity contribution in [3.63, 3.8) is 0 Å². The van der Waals surface area contributed by atoms with Gasteiger partial charge >= 0.3 is 12.2 Å². The number of rotatable bonds is 5. The van der Waals surface area contributed by atoms with E-state index in [0.717, 1.165) is 10.4 Å². The van der Waals surface area contributed by atoms with Crippen LogP contribution in [0.2, 0.25) is 5.04 Å². The molecule has 2 aromatic rings. The summed E-state index contributed by atoms with van der Waals surface area (Å²) in [4.78, 5) is 27.7. The van der Waals surface area contributed by atoms with E-state index >= 15 is 0 Å². The van der Waals surface area contributed by atoms with Crippen molar-refractivity contribution in [2.45, 2.75) is 97.1 Å². The average molecular weight is 567 g/mol. The van der Waals surface area contributed by atoms with E-state index in [1.807, 2.05) is 77.9 Å². The highest BCUT2D eigenvalue weighted by molar-refractivity contribution is 6.99. The average Bonchev–Trinajstić information content (AvgIpc) is 2.82. The third-order valence-electron chi connectivity index (χ3n) is 6.71. The normalized spacial score (nSPS) is 18.7. The SMILES string of the molecule is C=C1C[C@H](O[Si](c2ccccc2)(c2ccccc2)C(C)(C)C)[C@H](NC(=O)OC(C)(C)C)CN1C(=O)OC(C)(C)C. The van der Waals surface area contributed by atoms with Crippen molar-refractivity contribution in [2.75, 3.05) is 6.54 Å². The predicted molar refractivity (Wildman–Crippen MR) is 162 cm³/mol. The molecule has 1 N–H and O–H groups in total. The highest BCUT2D eigenvalue weighted by Crippen LogP contribution is 2.39. The Labute approximate surface area is 241 Å². The van der Waals surface area contributed by atoms with Crippen LogP contribution < -0.4 is 15.7 Å². The number of nitrogens with one attached hydrogen (secondary N) is 1. The summed E-state index contributed by atoms with van der Waals surface area (Å²) in [6.45, 7) is 21.9. The van der Waals surface area contributed by atoms with Gasteiger partial charge in [0.2, 0.25) is 0 Å². The van der Waals surface area contributed by atoms with Crippen molar-refractivity contribution in [1.82, 2.24) is 10.2 Å². The fraction of sp³-hybridized carbons (Fsp3) is 0.500. The quantitative estimate of drug-likeness (QED) is 0.451. The molecule has 3 rings (SSSR count). The lowest BCUT2D eigenvalue weighted by Crippen LogP contribution is -2.70. The third kappa shape index (κ3) is 7.55. The van der Waals surface area contributed by atoms with E-state index < -0.39 is 43.9 Å². The first-order chi connectivity index (χ1) is 18.4. The van der Waals surface area contributed by atoms with Crippen LogP contribution >= 0.6 is 0 Å². The number of benzene rings is 2. The molecule has 7 nitrogen and oxygen atoms in total. The lowest BCUT2D eigenvalue weighted by molar-refractivity contribution is 0.0106. The second kappa shape index (κ2) is 11.8. The molecular formula is C32H46N2O5Si. The molecule has 1 heterocycles. The molecule has 218 valence electrons. The summed E-state index contributed by atoms with van der Waals surface area (Å²) in [6.07, 6.45) is -1.20. The molecule has 2 amide bonds. The molecule has 0 spiro atoms. The Morgan fingerprint density at radius 2 is 1.30 bits per heavy atom. The van der Waals surface area contributed by atoms with Crippen LogP contribution in [0.25, 0.3) is 0 Å². The van der Waals surface area contributed by atoms with Gasteiger partial charge in [-0.15, -0.1) is 0 Å². The Bertz CT molecular complexity index is 1140. The maximum Gasteiger partial charge on any atom is 0.414 e. The minimum atomic E-state index is -2.96. The Morgan fingerprint density at radius 3 is 1.73 bits per heavy atom. The molecule has 8 heteroatoms. The molecule has 1 saturated heterocycles. The van der Waals surface area contributed by atoms with E-state index in [0.29, 0.717) is 12.1 Å². The molecule has 1 aliphatic rings. The smallest absolute Gasteiger partial charge is 0.414 e. The Balaban J connectivity index is 2.09. The van der Waals surface area contributed by atoms with Crippen molar-refractivity contribution in [3.05, 3.63) is 72.9 Å². The minimum absolute atomic E-state index is 0.149. The predicted octanol–water partition coefficient (Wildman–Crippen LogP) is 5.98. The first-order valence-corrected chi connectivity index (χ1v) is 15.8. The van der Waals surface area contributed by atoms with Gasteiger partial charge in [0.05, 0.1) is 18.7 Å². The number of carbonyl (C=O) groups excluding carboxylic acids is 2. The van der Waals surface area contributed by atoms with Gasteiger partial charge in [-0.25, -0.2) is 9.59 Å². The van der Waals surface area contributed by atoms with E-state index in [1.165, 1.54) is 4.90 Å². The van der Waals surface area contributed by atoms with Crippen LogP contribution in [0.15, 0.2) is 72.9 Å². The first kappa shape index (κ1) is 31.4. The van der Waals surface area contributed by atoms with Gasteiger partial charge in [0.15, 0.2) is 0 Å². The molecule has 2 atom stereocenters. The van der Waals surface area contributed by atoms with E-state index in [1.54, 1.807) is 0 Å². The molecule has 2 aromatic carbocycles. The van der Waals surface area contributed by atoms with Crippen LogP contribution in [0, 0.1) is 0 Å². The Kier molecular flexibility index (Phi) is 9.26.